The van der Waals surface area contributed by atoms with Gasteiger partial charge in [0.05, 0.1) is 5.56 Å². The third-order valence-corrected chi connectivity index (χ3v) is 3.88. The molecule has 0 radical (unpaired) electrons. The number of rotatable bonds is 4. The Labute approximate surface area is 140 Å². The van der Waals surface area contributed by atoms with E-state index in [0.717, 1.165) is 11.9 Å². The molecule has 0 aliphatic carbocycles. The number of benzene rings is 2. The first-order chi connectivity index (χ1) is 11.5. The first-order valence-electron chi connectivity index (χ1n) is 8.01. The smallest absolute Gasteiger partial charge is 0.231 e. The summed E-state index contributed by atoms with van der Waals surface area (Å²) in [6, 6.07) is 10.8. The number of nitrogens with one attached hydrogen (secondary N) is 1. The minimum atomic E-state index is -0.128. The molecule has 5 nitrogen and oxygen atoms in total. The van der Waals surface area contributed by atoms with E-state index >= 15 is 0 Å². The van der Waals surface area contributed by atoms with Crippen LogP contribution in [-0.2, 0) is 11.2 Å². The van der Waals surface area contributed by atoms with Gasteiger partial charge in [0, 0.05) is 17.7 Å². The second-order valence-corrected chi connectivity index (χ2v) is 6.05. The molecule has 0 saturated carbocycles. The molecule has 24 heavy (non-hydrogen) atoms. The summed E-state index contributed by atoms with van der Waals surface area (Å²) in [6.45, 7) is 5.71. The highest BCUT2D eigenvalue weighted by Crippen LogP contribution is 2.33. The quantitative estimate of drug-likeness (QED) is 0.748. The maximum atomic E-state index is 11.7. The van der Waals surface area contributed by atoms with Crippen LogP contribution in [0.3, 0.4) is 0 Å². The number of hydrogen-bond acceptors (Lipinski definition) is 4. The number of phenolic OH excluding ortho intramolecular Hbond substituents is 1. The number of hydrogen-bond donors (Lipinski definition) is 2. The molecular formula is C19H20N2O3. The van der Waals surface area contributed by atoms with Crippen LogP contribution < -0.4 is 5.32 Å². The molecule has 3 rings (SSSR count). The van der Waals surface area contributed by atoms with Crippen molar-refractivity contribution in [1.82, 2.24) is 4.98 Å². The van der Waals surface area contributed by atoms with Crippen LogP contribution >= 0.6 is 0 Å². The Morgan fingerprint density at radius 2 is 2.04 bits per heavy atom. The predicted octanol–water partition coefficient (Wildman–Crippen LogP) is 4.36. The molecule has 0 fully saturated rings. The summed E-state index contributed by atoms with van der Waals surface area (Å²) in [5.74, 6) is 0.143. The molecule has 0 spiro atoms. The van der Waals surface area contributed by atoms with Gasteiger partial charge in [0.1, 0.15) is 11.3 Å². The van der Waals surface area contributed by atoms with Crippen LogP contribution in [0, 0.1) is 5.92 Å². The van der Waals surface area contributed by atoms with Gasteiger partial charge in [-0.3, -0.25) is 4.79 Å². The highest BCUT2D eigenvalue weighted by atomic mass is 16.3. The maximum Gasteiger partial charge on any atom is 0.231 e. The Morgan fingerprint density at radius 1 is 1.25 bits per heavy atom. The highest BCUT2D eigenvalue weighted by molar-refractivity contribution is 5.92. The minimum Gasteiger partial charge on any atom is -0.507 e. The Bertz CT molecular complexity index is 897. The van der Waals surface area contributed by atoms with Gasteiger partial charge in [-0.05, 0) is 36.2 Å². The Hall–Kier alpha value is -2.82. The number of aromatic hydroxyl groups is 1. The number of fused-ring (bicyclic) bond motifs is 1. The van der Waals surface area contributed by atoms with Gasteiger partial charge < -0.3 is 14.8 Å². The maximum absolute atomic E-state index is 11.7. The number of aromatic nitrogens is 1. The monoisotopic (exact) mass is 324 g/mol. The lowest BCUT2D eigenvalue weighted by molar-refractivity contribution is -0.118. The molecule has 2 aromatic carbocycles. The van der Waals surface area contributed by atoms with E-state index in [-0.39, 0.29) is 17.6 Å². The summed E-state index contributed by atoms with van der Waals surface area (Å²) >= 11 is 0. The van der Waals surface area contributed by atoms with Crippen LogP contribution in [0.1, 0.15) is 26.3 Å². The fourth-order valence-electron chi connectivity index (χ4n) is 2.38. The zero-order valence-corrected chi connectivity index (χ0v) is 14.0. The molecule has 1 aromatic heterocycles. The largest absolute Gasteiger partial charge is 0.507 e. The van der Waals surface area contributed by atoms with Crippen molar-refractivity contribution in [2.75, 3.05) is 5.32 Å². The van der Waals surface area contributed by atoms with Crippen LogP contribution in [0.5, 0.6) is 5.75 Å². The molecular weight excluding hydrogens is 304 g/mol. The lowest BCUT2D eigenvalue weighted by Gasteiger charge is -2.09. The molecule has 0 bridgehead atoms. The molecule has 124 valence electrons. The molecule has 0 saturated heterocycles. The molecule has 0 unspecified atom stereocenters. The van der Waals surface area contributed by atoms with Crippen molar-refractivity contribution in [1.29, 1.82) is 0 Å². The number of anilines is 1. The van der Waals surface area contributed by atoms with Crippen LogP contribution in [0.2, 0.25) is 0 Å². The van der Waals surface area contributed by atoms with Gasteiger partial charge in [-0.25, -0.2) is 4.98 Å². The number of amides is 1. The molecule has 0 aliphatic rings. The first kappa shape index (κ1) is 16.1. The zero-order chi connectivity index (χ0) is 17.3. The van der Waals surface area contributed by atoms with Crippen LogP contribution in [0.25, 0.3) is 22.6 Å². The summed E-state index contributed by atoms with van der Waals surface area (Å²) in [5.41, 5.74) is 3.66. The second kappa shape index (κ2) is 6.35. The SMILES string of the molecule is CCc1ccc2oc(-c3ccc(NC(=O)C(C)C)cc3O)nc2c1. The van der Waals surface area contributed by atoms with E-state index in [1.807, 2.05) is 32.0 Å². The molecule has 1 heterocycles. The van der Waals surface area contributed by atoms with E-state index in [4.69, 9.17) is 4.42 Å². The van der Waals surface area contributed by atoms with Gasteiger partial charge >= 0.3 is 0 Å². The number of phenols is 1. The number of oxazole rings is 1. The fourth-order valence-corrected chi connectivity index (χ4v) is 2.38. The molecule has 0 atom stereocenters. The van der Waals surface area contributed by atoms with Crippen LogP contribution in [0.15, 0.2) is 40.8 Å². The number of carbonyl (C=O) groups is 1. The molecule has 0 aliphatic heterocycles. The standard InChI is InChI=1S/C19H20N2O3/c1-4-12-5-8-17-15(9-12)21-19(24-17)14-7-6-13(10-16(14)22)20-18(23)11(2)3/h5-11,22H,4H2,1-3H3,(H,20,23). The van der Waals surface area contributed by atoms with Crippen molar-refractivity contribution < 1.29 is 14.3 Å². The molecule has 2 N–H and O–H groups in total. The van der Waals surface area contributed by atoms with Gasteiger partial charge in [-0.2, -0.15) is 0 Å². The van der Waals surface area contributed by atoms with E-state index in [2.05, 4.69) is 17.2 Å². The topological polar surface area (TPSA) is 75.4 Å². The van der Waals surface area contributed by atoms with E-state index in [1.165, 1.54) is 11.6 Å². The van der Waals surface area contributed by atoms with Gasteiger partial charge in [0.15, 0.2) is 5.58 Å². The summed E-state index contributed by atoms with van der Waals surface area (Å²) in [4.78, 5) is 16.2. The summed E-state index contributed by atoms with van der Waals surface area (Å²) < 4.78 is 5.74. The van der Waals surface area contributed by atoms with Crippen molar-refractivity contribution in [2.45, 2.75) is 27.2 Å². The van der Waals surface area contributed by atoms with Gasteiger partial charge in [0.2, 0.25) is 11.8 Å². The zero-order valence-electron chi connectivity index (χ0n) is 14.0. The molecule has 5 heteroatoms. The third kappa shape index (κ3) is 3.11. The van der Waals surface area contributed by atoms with Crippen molar-refractivity contribution in [3.8, 4) is 17.2 Å². The summed E-state index contributed by atoms with van der Waals surface area (Å²) in [5, 5.41) is 13.0. The average molecular weight is 324 g/mol. The molecule has 1 amide bonds. The third-order valence-electron chi connectivity index (χ3n) is 3.88. The summed E-state index contributed by atoms with van der Waals surface area (Å²) in [7, 11) is 0. The second-order valence-electron chi connectivity index (χ2n) is 6.05. The van der Waals surface area contributed by atoms with E-state index < -0.39 is 0 Å². The highest BCUT2D eigenvalue weighted by Gasteiger charge is 2.14. The van der Waals surface area contributed by atoms with Crippen molar-refractivity contribution in [2.24, 2.45) is 5.92 Å². The predicted molar refractivity (Wildman–Crippen MR) is 94.0 cm³/mol. The number of aryl methyl sites for hydroxylation is 1. The fraction of sp³-hybridized carbons (Fsp3) is 0.263. The van der Waals surface area contributed by atoms with Crippen LogP contribution in [0.4, 0.5) is 5.69 Å². The minimum absolute atomic E-state index is 0.0128. The van der Waals surface area contributed by atoms with Crippen molar-refractivity contribution in [3.63, 3.8) is 0 Å². The number of nitrogens with zero attached hydrogens (tertiary/aromatic N) is 1. The first-order valence-corrected chi connectivity index (χ1v) is 8.01. The van der Waals surface area contributed by atoms with Gasteiger partial charge in [0.25, 0.3) is 0 Å². The number of carbonyl (C=O) groups excluding carboxylic acids is 1. The Morgan fingerprint density at radius 3 is 2.71 bits per heavy atom. The summed E-state index contributed by atoms with van der Waals surface area (Å²) in [6.07, 6.45) is 0.924. The Balaban J connectivity index is 1.93. The van der Waals surface area contributed by atoms with Gasteiger partial charge in [-0.1, -0.05) is 26.8 Å². The average Bonchev–Trinajstić information content (AvgIpc) is 2.97. The van der Waals surface area contributed by atoms with E-state index in [9.17, 15) is 9.90 Å². The van der Waals surface area contributed by atoms with Crippen molar-refractivity contribution in [3.05, 3.63) is 42.0 Å². The van der Waals surface area contributed by atoms with Crippen molar-refractivity contribution >= 4 is 22.7 Å². The Kier molecular flexibility index (Phi) is 4.25. The molecule has 3 aromatic rings. The van der Waals surface area contributed by atoms with Gasteiger partial charge in [-0.15, -0.1) is 0 Å². The van der Waals surface area contributed by atoms with E-state index in [1.54, 1.807) is 12.1 Å². The van der Waals surface area contributed by atoms with E-state index in [0.29, 0.717) is 22.7 Å². The lowest BCUT2D eigenvalue weighted by Crippen LogP contribution is -2.17. The normalized spacial score (nSPS) is 11.2. The lowest BCUT2D eigenvalue weighted by atomic mass is 10.1. The van der Waals surface area contributed by atoms with Crippen LogP contribution in [-0.4, -0.2) is 16.0 Å².